The lowest BCUT2D eigenvalue weighted by Crippen LogP contribution is -2.45. The van der Waals surface area contributed by atoms with Crippen LogP contribution in [0, 0.1) is 3.57 Å². The molecule has 0 spiro atoms. The number of hydrogen-bond acceptors (Lipinski definition) is 5. The Labute approximate surface area is 143 Å². The van der Waals surface area contributed by atoms with Gasteiger partial charge in [-0.25, -0.2) is 9.59 Å². The zero-order chi connectivity index (χ0) is 16.9. The van der Waals surface area contributed by atoms with E-state index in [0.717, 1.165) is 5.56 Å². The number of esters is 1. The van der Waals surface area contributed by atoms with Crippen LogP contribution in [0.4, 0.5) is 4.79 Å². The number of halogens is 1. The maximum absolute atomic E-state index is 11.8. The van der Waals surface area contributed by atoms with E-state index in [9.17, 15) is 14.7 Å². The summed E-state index contributed by atoms with van der Waals surface area (Å²) in [7, 11) is 1.26. The van der Waals surface area contributed by atoms with Gasteiger partial charge in [-0.1, -0.05) is 6.07 Å². The van der Waals surface area contributed by atoms with E-state index in [1.807, 2.05) is 22.6 Å². The molecule has 1 amide bonds. The molecule has 6 nitrogen and oxygen atoms in total. The van der Waals surface area contributed by atoms with Gasteiger partial charge in [-0.15, -0.1) is 0 Å². The van der Waals surface area contributed by atoms with Crippen molar-refractivity contribution < 1.29 is 24.2 Å². The van der Waals surface area contributed by atoms with E-state index >= 15 is 0 Å². The molecule has 0 aliphatic carbocycles. The molecule has 22 heavy (non-hydrogen) atoms. The summed E-state index contributed by atoms with van der Waals surface area (Å²) >= 11 is 1.99. The number of carbonyl (C=O) groups excluding carboxylic acids is 2. The van der Waals surface area contributed by atoms with Crippen LogP contribution in [0.25, 0.3) is 0 Å². The molecule has 2 N–H and O–H groups in total. The topological polar surface area (TPSA) is 84.9 Å². The predicted octanol–water partition coefficient (Wildman–Crippen LogP) is 2.61. The highest BCUT2D eigenvalue weighted by Crippen LogP contribution is 2.21. The number of benzene rings is 1. The van der Waals surface area contributed by atoms with Crippen LogP contribution in [-0.2, 0) is 20.7 Å². The largest absolute Gasteiger partial charge is 0.507 e. The average molecular weight is 421 g/mol. The quantitative estimate of drug-likeness (QED) is 0.577. The first-order valence-corrected chi connectivity index (χ1v) is 7.75. The molecule has 0 aliphatic rings. The molecule has 1 aromatic rings. The highest BCUT2D eigenvalue weighted by molar-refractivity contribution is 14.1. The average Bonchev–Trinajstić information content (AvgIpc) is 2.39. The molecule has 0 radical (unpaired) electrons. The van der Waals surface area contributed by atoms with Gasteiger partial charge in [0.25, 0.3) is 0 Å². The number of carbonyl (C=O) groups is 2. The highest BCUT2D eigenvalue weighted by atomic mass is 127. The number of aromatic hydroxyl groups is 1. The van der Waals surface area contributed by atoms with Gasteiger partial charge in [-0.05, 0) is 61.1 Å². The van der Waals surface area contributed by atoms with Crippen molar-refractivity contribution in [2.45, 2.75) is 38.8 Å². The second-order valence-electron chi connectivity index (χ2n) is 5.71. The van der Waals surface area contributed by atoms with E-state index in [2.05, 4.69) is 5.32 Å². The van der Waals surface area contributed by atoms with Gasteiger partial charge in [0.2, 0.25) is 0 Å². The van der Waals surface area contributed by atoms with Crippen LogP contribution in [-0.4, -0.2) is 35.9 Å². The number of hydrogen-bond donors (Lipinski definition) is 2. The van der Waals surface area contributed by atoms with Gasteiger partial charge in [-0.3, -0.25) is 0 Å². The van der Waals surface area contributed by atoms with Crippen molar-refractivity contribution in [3.63, 3.8) is 0 Å². The maximum atomic E-state index is 11.8. The van der Waals surface area contributed by atoms with Gasteiger partial charge in [0, 0.05) is 6.42 Å². The SMILES string of the molecule is COC(=O)[C@H](Cc1ccc(O)c(I)c1)NC(=O)OC(C)(C)C. The van der Waals surface area contributed by atoms with Crippen molar-refractivity contribution in [2.75, 3.05) is 7.11 Å². The van der Waals surface area contributed by atoms with Crippen molar-refractivity contribution in [1.82, 2.24) is 5.32 Å². The van der Waals surface area contributed by atoms with Crippen LogP contribution in [0.2, 0.25) is 0 Å². The third-order valence-corrected chi connectivity index (χ3v) is 3.49. The Morgan fingerprint density at radius 2 is 2.00 bits per heavy atom. The molecule has 1 rings (SSSR count). The van der Waals surface area contributed by atoms with Crippen molar-refractivity contribution in [3.05, 3.63) is 27.3 Å². The molecule has 1 aromatic carbocycles. The predicted molar refractivity (Wildman–Crippen MR) is 89.7 cm³/mol. The Kier molecular flexibility index (Phi) is 6.46. The lowest BCUT2D eigenvalue weighted by molar-refractivity contribution is -0.143. The molecule has 7 heteroatoms. The van der Waals surface area contributed by atoms with Crippen LogP contribution >= 0.6 is 22.6 Å². The standard InChI is InChI=1S/C15H20INO5/c1-15(2,3)22-14(20)17-11(13(19)21-4)8-9-5-6-12(18)10(16)7-9/h5-7,11,18H,8H2,1-4H3,(H,17,20)/t11-/m0/s1. The summed E-state index contributed by atoms with van der Waals surface area (Å²) in [5.41, 5.74) is 0.132. The van der Waals surface area contributed by atoms with Crippen LogP contribution in [0.3, 0.4) is 0 Å². The number of ether oxygens (including phenoxy) is 2. The first-order valence-electron chi connectivity index (χ1n) is 6.67. The van der Waals surface area contributed by atoms with Crippen molar-refractivity contribution in [3.8, 4) is 5.75 Å². The molecule has 0 saturated heterocycles. The maximum Gasteiger partial charge on any atom is 0.408 e. The molecule has 0 heterocycles. The monoisotopic (exact) mass is 421 g/mol. The summed E-state index contributed by atoms with van der Waals surface area (Å²) in [6.07, 6.45) is -0.446. The van der Waals surface area contributed by atoms with Crippen molar-refractivity contribution in [1.29, 1.82) is 0 Å². The van der Waals surface area contributed by atoms with Gasteiger partial charge >= 0.3 is 12.1 Å². The normalized spacial score (nSPS) is 12.4. The smallest absolute Gasteiger partial charge is 0.408 e. The van der Waals surface area contributed by atoms with Crippen LogP contribution in [0.15, 0.2) is 18.2 Å². The Bertz CT molecular complexity index is 553. The summed E-state index contributed by atoms with van der Waals surface area (Å²) in [5.74, 6) is -0.395. The molecule has 0 bridgehead atoms. The van der Waals surface area contributed by atoms with Gasteiger partial charge in [0.15, 0.2) is 0 Å². The number of amides is 1. The lowest BCUT2D eigenvalue weighted by atomic mass is 10.1. The Morgan fingerprint density at radius 1 is 1.36 bits per heavy atom. The minimum absolute atomic E-state index is 0.166. The fourth-order valence-corrected chi connectivity index (χ4v) is 2.28. The Balaban J connectivity index is 2.82. The summed E-state index contributed by atoms with van der Waals surface area (Å²) in [6, 6.07) is 4.10. The summed E-state index contributed by atoms with van der Waals surface area (Å²) in [4.78, 5) is 23.6. The van der Waals surface area contributed by atoms with Gasteiger partial charge < -0.3 is 19.9 Å². The molecule has 122 valence electrons. The number of phenols is 1. The second-order valence-corrected chi connectivity index (χ2v) is 6.87. The zero-order valence-corrected chi connectivity index (χ0v) is 15.1. The number of phenolic OH excluding ortho intramolecular Hbond substituents is 1. The van der Waals surface area contributed by atoms with E-state index in [1.54, 1.807) is 39.0 Å². The number of alkyl carbamates (subject to hydrolysis) is 1. The summed E-state index contributed by atoms with van der Waals surface area (Å²) in [6.45, 7) is 5.21. The van der Waals surface area contributed by atoms with E-state index < -0.39 is 23.7 Å². The lowest BCUT2D eigenvalue weighted by Gasteiger charge is -2.22. The van der Waals surface area contributed by atoms with Crippen LogP contribution in [0.1, 0.15) is 26.3 Å². The van der Waals surface area contributed by atoms with Gasteiger partial charge in [-0.2, -0.15) is 0 Å². The summed E-state index contributed by atoms with van der Waals surface area (Å²) < 4.78 is 10.5. The Hall–Kier alpha value is -1.51. The number of methoxy groups -OCH3 is 1. The first kappa shape index (κ1) is 18.5. The van der Waals surface area contributed by atoms with Crippen LogP contribution < -0.4 is 5.32 Å². The molecular formula is C15H20INO5. The van der Waals surface area contributed by atoms with Gasteiger partial charge in [0.1, 0.15) is 17.4 Å². The molecule has 1 atom stereocenters. The van der Waals surface area contributed by atoms with E-state index in [1.165, 1.54) is 7.11 Å². The second kappa shape index (κ2) is 7.66. The summed E-state index contributed by atoms with van der Waals surface area (Å²) in [5, 5.41) is 12.0. The van der Waals surface area contributed by atoms with Crippen molar-refractivity contribution in [2.24, 2.45) is 0 Å². The van der Waals surface area contributed by atoms with Crippen molar-refractivity contribution >= 4 is 34.7 Å². The molecule has 0 fully saturated rings. The fourth-order valence-electron chi connectivity index (χ4n) is 1.70. The third kappa shape index (κ3) is 6.08. The third-order valence-electron chi connectivity index (χ3n) is 2.63. The minimum Gasteiger partial charge on any atom is -0.507 e. The first-order chi connectivity index (χ1) is 10.1. The van der Waals surface area contributed by atoms with E-state index in [0.29, 0.717) is 3.57 Å². The minimum atomic E-state index is -0.861. The Morgan fingerprint density at radius 3 is 2.50 bits per heavy atom. The van der Waals surface area contributed by atoms with Crippen LogP contribution in [0.5, 0.6) is 5.75 Å². The molecular weight excluding hydrogens is 401 g/mol. The molecule has 0 aliphatic heterocycles. The number of rotatable bonds is 4. The highest BCUT2D eigenvalue weighted by Gasteiger charge is 2.25. The molecule has 0 aromatic heterocycles. The number of nitrogens with one attached hydrogen (secondary N) is 1. The molecule has 0 unspecified atom stereocenters. The fraction of sp³-hybridized carbons (Fsp3) is 0.467. The van der Waals surface area contributed by atoms with Gasteiger partial charge in [0.05, 0.1) is 10.7 Å². The molecule has 0 saturated carbocycles. The zero-order valence-electron chi connectivity index (χ0n) is 13.0. The van der Waals surface area contributed by atoms with E-state index in [-0.39, 0.29) is 12.2 Å². The van der Waals surface area contributed by atoms with E-state index in [4.69, 9.17) is 9.47 Å².